The Morgan fingerprint density at radius 3 is 2.42 bits per heavy atom. The first-order chi connectivity index (χ1) is 5.86. The summed E-state index contributed by atoms with van der Waals surface area (Å²) in [5.74, 6) is 0.949. The Morgan fingerprint density at radius 2 is 1.92 bits per heavy atom. The molecule has 1 aromatic rings. The maximum absolute atomic E-state index is 5.08. The predicted octanol–water partition coefficient (Wildman–Crippen LogP) is 1.41. The number of rotatable bonds is 4. The molecule has 2 heteroatoms. The summed E-state index contributed by atoms with van der Waals surface area (Å²) in [6.45, 7) is 0. The van der Waals surface area contributed by atoms with Gasteiger partial charge in [0, 0.05) is 10.2 Å². The molecule has 0 bridgehead atoms. The lowest BCUT2D eigenvalue weighted by molar-refractivity contribution is 0.414. The molecule has 0 radical (unpaired) electrons. The molecule has 1 aromatic carbocycles. The summed E-state index contributed by atoms with van der Waals surface area (Å²) in [5.41, 5.74) is 1.42. The van der Waals surface area contributed by atoms with Crippen LogP contribution in [0.1, 0.15) is 12.0 Å². The fraction of sp³-hybridized carbons (Fsp3) is 0.400. The maximum atomic E-state index is 5.08. The second kappa shape index (κ2) is 4.98. The minimum atomic E-state index is 0.949. The molecule has 0 atom stereocenters. The van der Waals surface area contributed by atoms with Crippen LogP contribution in [0.4, 0.5) is 0 Å². The smallest absolute Gasteiger partial charge is 0.118 e. The van der Waals surface area contributed by atoms with E-state index in [9.17, 15) is 0 Å². The van der Waals surface area contributed by atoms with Gasteiger partial charge in [-0.25, -0.2) is 0 Å². The molecule has 1 rings (SSSR count). The first kappa shape index (κ1) is 9.33. The number of hydrogen-bond donors (Lipinski definition) is 0. The molecule has 66 valence electrons. The van der Waals surface area contributed by atoms with E-state index in [0.717, 1.165) is 5.75 Å². The van der Waals surface area contributed by atoms with E-state index in [4.69, 9.17) is 4.74 Å². The highest BCUT2D eigenvalue weighted by atomic mass is 28.1. The van der Waals surface area contributed by atoms with Crippen molar-refractivity contribution < 1.29 is 4.74 Å². The third kappa shape index (κ3) is 2.70. The van der Waals surface area contributed by atoms with Crippen LogP contribution >= 0.6 is 0 Å². The first-order valence-electron chi connectivity index (χ1n) is 4.49. The first-order valence-corrected chi connectivity index (χ1v) is 5.91. The zero-order valence-electron chi connectivity index (χ0n) is 7.84. The van der Waals surface area contributed by atoms with Crippen molar-refractivity contribution in [2.24, 2.45) is 0 Å². The van der Waals surface area contributed by atoms with Gasteiger partial charge < -0.3 is 4.74 Å². The van der Waals surface area contributed by atoms with Gasteiger partial charge in [0.25, 0.3) is 0 Å². The predicted molar refractivity (Wildman–Crippen MR) is 56.1 cm³/mol. The van der Waals surface area contributed by atoms with Gasteiger partial charge in [-0.2, -0.15) is 0 Å². The van der Waals surface area contributed by atoms with Gasteiger partial charge in [-0.05, 0) is 24.1 Å². The van der Waals surface area contributed by atoms with Gasteiger partial charge in [-0.15, -0.1) is 0 Å². The average molecular weight is 180 g/mol. The highest BCUT2D eigenvalue weighted by molar-refractivity contribution is 6.08. The van der Waals surface area contributed by atoms with E-state index in [-0.39, 0.29) is 0 Å². The molecule has 0 saturated heterocycles. The second-order valence-corrected chi connectivity index (χ2v) is 3.95. The van der Waals surface area contributed by atoms with E-state index in [1.54, 1.807) is 7.11 Å². The SMILES string of the molecule is COc1ccc(CCC[SiH3])cc1. The molecule has 0 amide bonds. The fourth-order valence-electron chi connectivity index (χ4n) is 1.17. The summed E-state index contributed by atoms with van der Waals surface area (Å²) in [4.78, 5) is 0. The van der Waals surface area contributed by atoms with Crippen LogP contribution < -0.4 is 4.74 Å². The minimum absolute atomic E-state index is 0.949. The van der Waals surface area contributed by atoms with Crippen LogP contribution in [0.25, 0.3) is 0 Å². The van der Waals surface area contributed by atoms with Crippen molar-refractivity contribution in [2.75, 3.05) is 7.11 Å². The van der Waals surface area contributed by atoms with Gasteiger partial charge in [-0.1, -0.05) is 24.6 Å². The molecule has 0 unspecified atom stereocenters. The highest BCUT2D eigenvalue weighted by Crippen LogP contribution is 2.12. The van der Waals surface area contributed by atoms with Crippen molar-refractivity contribution >= 4 is 10.2 Å². The minimum Gasteiger partial charge on any atom is -0.497 e. The molecule has 0 saturated carbocycles. The van der Waals surface area contributed by atoms with Gasteiger partial charge in [0.1, 0.15) is 5.75 Å². The molecule has 1 nitrogen and oxygen atoms in total. The Labute approximate surface area is 77.2 Å². The van der Waals surface area contributed by atoms with Crippen LogP contribution in [0.2, 0.25) is 6.04 Å². The summed E-state index contributed by atoms with van der Waals surface area (Å²) < 4.78 is 5.08. The van der Waals surface area contributed by atoms with Gasteiger partial charge in [0.2, 0.25) is 0 Å². The van der Waals surface area contributed by atoms with E-state index in [1.165, 1.54) is 34.7 Å². The van der Waals surface area contributed by atoms with Crippen LogP contribution in [-0.2, 0) is 6.42 Å². The Hall–Kier alpha value is -0.763. The summed E-state index contributed by atoms with van der Waals surface area (Å²) in [6.07, 6.45) is 2.55. The van der Waals surface area contributed by atoms with Crippen molar-refractivity contribution in [1.29, 1.82) is 0 Å². The van der Waals surface area contributed by atoms with E-state index in [1.807, 2.05) is 12.1 Å². The van der Waals surface area contributed by atoms with Crippen LogP contribution in [0, 0.1) is 0 Å². The van der Waals surface area contributed by atoms with E-state index >= 15 is 0 Å². The Kier molecular flexibility index (Phi) is 3.87. The number of methoxy groups -OCH3 is 1. The zero-order valence-corrected chi connectivity index (χ0v) is 9.84. The van der Waals surface area contributed by atoms with E-state index in [2.05, 4.69) is 12.1 Å². The summed E-state index contributed by atoms with van der Waals surface area (Å²) in [5, 5.41) is 0. The molecule has 0 N–H and O–H groups in total. The normalized spacial score (nSPS) is 10.1. The van der Waals surface area contributed by atoms with Gasteiger partial charge >= 0.3 is 0 Å². The summed E-state index contributed by atoms with van der Waals surface area (Å²) in [6, 6.07) is 9.75. The quantitative estimate of drug-likeness (QED) is 0.637. The van der Waals surface area contributed by atoms with Crippen LogP contribution in [0.15, 0.2) is 24.3 Å². The topological polar surface area (TPSA) is 9.23 Å². The lowest BCUT2D eigenvalue weighted by Crippen LogP contribution is -1.86. The van der Waals surface area contributed by atoms with Crippen molar-refractivity contribution in [3.63, 3.8) is 0 Å². The summed E-state index contributed by atoms with van der Waals surface area (Å²) >= 11 is 0. The molecular weight excluding hydrogens is 164 g/mol. The number of benzene rings is 1. The third-order valence-corrected chi connectivity index (χ3v) is 2.69. The molecule has 0 fully saturated rings. The second-order valence-electron chi connectivity index (χ2n) is 2.95. The van der Waals surface area contributed by atoms with E-state index in [0.29, 0.717) is 0 Å². The summed E-state index contributed by atoms with van der Waals surface area (Å²) in [7, 11) is 3.03. The molecule has 12 heavy (non-hydrogen) atoms. The lowest BCUT2D eigenvalue weighted by Gasteiger charge is -2.01. The standard InChI is InChI=1S/C10H16OSi/c1-11-10-6-4-9(5-7-10)3-2-8-12/h4-7H,2-3,8H2,1,12H3. The molecule has 0 aliphatic heterocycles. The van der Waals surface area contributed by atoms with Crippen molar-refractivity contribution in [2.45, 2.75) is 18.9 Å². The molecule has 0 heterocycles. The Balaban J connectivity index is 2.53. The largest absolute Gasteiger partial charge is 0.497 e. The monoisotopic (exact) mass is 180 g/mol. The van der Waals surface area contributed by atoms with E-state index < -0.39 is 0 Å². The average Bonchev–Trinajstić information content (AvgIpc) is 2.15. The molecule has 0 spiro atoms. The molecular formula is C10H16OSi. The Bertz CT molecular complexity index is 218. The number of hydrogen-bond acceptors (Lipinski definition) is 1. The van der Waals surface area contributed by atoms with Crippen molar-refractivity contribution in [3.8, 4) is 5.75 Å². The van der Waals surface area contributed by atoms with Crippen molar-refractivity contribution in [3.05, 3.63) is 29.8 Å². The lowest BCUT2D eigenvalue weighted by atomic mass is 10.1. The number of ether oxygens (including phenoxy) is 1. The zero-order chi connectivity index (χ0) is 8.81. The van der Waals surface area contributed by atoms with Gasteiger partial charge in [0.05, 0.1) is 7.11 Å². The molecule has 0 aromatic heterocycles. The van der Waals surface area contributed by atoms with Crippen LogP contribution in [0.3, 0.4) is 0 Å². The third-order valence-electron chi connectivity index (χ3n) is 1.98. The van der Waals surface area contributed by atoms with Gasteiger partial charge in [0.15, 0.2) is 0 Å². The molecule has 0 aliphatic rings. The highest BCUT2D eigenvalue weighted by Gasteiger charge is 1.92. The maximum Gasteiger partial charge on any atom is 0.118 e. The van der Waals surface area contributed by atoms with Crippen molar-refractivity contribution in [1.82, 2.24) is 0 Å². The number of aryl methyl sites for hydroxylation is 1. The fourth-order valence-corrected chi connectivity index (χ4v) is 1.53. The Morgan fingerprint density at radius 1 is 1.25 bits per heavy atom. The van der Waals surface area contributed by atoms with Crippen LogP contribution in [-0.4, -0.2) is 17.4 Å². The molecule has 0 aliphatic carbocycles. The van der Waals surface area contributed by atoms with Gasteiger partial charge in [-0.3, -0.25) is 0 Å². The van der Waals surface area contributed by atoms with Crippen LogP contribution in [0.5, 0.6) is 5.75 Å².